The first-order chi connectivity index (χ1) is 9.31. The van der Waals surface area contributed by atoms with Gasteiger partial charge in [-0.05, 0) is 41.5 Å². The first kappa shape index (κ1) is 15.1. The van der Waals surface area contributed by atoms with Crippen molar-refractivity contribution in [2.24, 2.45) is 0 Å². The lowest BCUT2D eigenvalue weighted by molar-refractivity contribution is 1.33. The van der Waals surface area contributed by atoms with E-state index in [1.54, 1.807) is 10.4 Å². The summed E-state index contributed by atoms with van der Waals surface area (Å²) in [5.74, 6) is 0. The minimum Gasteiger partial charge on any atom is -0.0628 e. The molecule has 2 aromatic carbocycles. The van der Waals surface area contributed by atoms with Crippen molar-refractivity contribution < 1.29 is 0 Å². The molecule has 0 saturated carbocycles. The molecule has 0 aliphatic carbocycles. The lowest BCUT2D eigenvalue weighted by atomic mass is 10.1. The summed E-state index contributed by atoms with van der Waals surface area (Å²) in [5.41, 5.74) is 8.57. The molecule has 0 unspecified atom stereocenters. The van der Waals surface area contributed by atoms with E-state index in [4.69, 9.17) is 0 Å². The molecular weight excluding hydrogens is 256 g/mol. The molecule has 1 heteroatoms. The smallest absolute Gasteiger partial charge is 0.0628 e. The summed E-state index contributed by atoms with van der Waals surface area (Å²) in [6.07, 6.45) is 0. The molecule has 0 atom stereocenters. The lowest BCUT2D eigenvalue weighted by Crippen LogP contribution is -2.45. The molecule has 0 amide bonds. The van der Waals surface area contributed by atoms with Crippen LogP contribution in [-0.4, -0.2) is 8.80 Å². The van der Waals surface area contributed by atoms with Gasteiger partial charge in [0.1, 0.15) is 8.80 Å². The quantitative estimate of drug-likeness (QED) is 0.735. The molecule has 0 aromatic heterocycles. The Balaban J connectivity index is 2.61. The van der Waals surface area contributed by atoms with Crippen LogP contribution in [0.3, 0.4) is 0 Å². The van der Waals surface area contributed by atoms with Crippen molar-refractivity contribution in [3.63, 3.8) is 0 Å². The molecule has 0 spiro atoms. The summed E-state index contributed by atoms with van der Waals surface area (Å²) >= 11 is 0. The van der Waals surface area contributed by atoms with Crippen LogP contribution < -0.4 is 10.4 Å². The van der Waals surface area contributed by atoms with Gasteiger partial charge in [-0.25, -0.2) is 0 Å². The predicted octanol–water partition coefficient (Wildman–Crippen LogP) is 3.78. The topological polar surface area (TPSA) is 0 Å². The standard InChI is InChI=1S/C19H25Si/c1-12-8-14(3)18(15(4)9-12)20(7)19-16(5)10-13(2)11-17(19)6/h8-11H,1-7H3. The van der Waals surface area contributed by atoms with Crippen LogP contribution in [0, 0.1) is 41.5 Å². The second-order valence-corrected chi connectivity index (χ2v) is 8.42. The van der Waals surface area contributed by atoms with Crippen molar-refractivity contribution in [3.05, 3.63) is 57.6 Å². The molecule has 0 nitrogen and oxygen atoms in total. The van der Waals surface area contributed by atoms with Crippen LogP contribution in [-0.2, 0) is 0 Å². The molecule has 0 bridgehead atoms. The van der Waals surface area contributed by atoms with Crippen molar-refractivity contribution in [2.75, 3.05) is 0 Å². The molecule has 0 aliphatic heterocycles. The van der Waals surface area contributed by atoms with Gasteiger partial charge in [0.25, 0.3) is 0 Å². The van der Waals surface area contributed by atoms with Crippen LogP contribution in [0.1, 0.15) is 33.4 Å². The minimum absolute atomic E-state index is 0.698. The van der Waals surface area contributed by atoms with Gasteiger partial charge < -0.3 is 0 Å². The Hall–Kier alpha value is -1.34. The third kappa shape index (κ3) is 2.73. The van der Waals surface area contributed by atoms with E-state index < -0.39 is 8.80 Å². The lowest BCUT2D eigenvalue weighted by Gasteiger charge is -2.21. The van der Waals surface area contributed by atoms with Gasteiger partial charge in [0.05, 0.1) is 0 Å². The van der Waals surface area contributed by atoms with E-state index >= 15 is 0 Å². The highest BCUT2D eigenvalue weighted by atomic mass is 28.3. The minimum atomic E-state index is -0.698. The van der Waals surface area contributed by atoms with Crippen LogP contribution in [0.5, 0.6) is 0 Å². The largest absolute Gasteiger partial charge is 0.119 e. The summed E-state index contributed by atoms with van der Waals surface area (Å²) in [6.45, 7) is 15.9. The number of hydrogen-bond acceptors (Lipinski definition) is 0. The molecule has 0 fully saturated rings. The van der Waals surface area contributed by atoms with Crippen molar-refractivity contribution >= 4 is 19.2 Å². The van der Waals surface area contributed by atoms with Crippen LogP contribution in [0.4, 0.5) is 0 Å². The molecule has 1 radical (unpaired) electrons. The van der Waals surface area contributed by atoms with Gasteiger partial charge in [-0.2, -0.15) is 0 Å². The molecule has 0 N–H and O–H groups in total. The fourth-order valence-electron chi connectivity index (χ4n) is 3.67. The summed E-state index contributed by atoms with van der Waals surface area (Å²) < 4.78 is 0. The number of hydrogen-bond donors (Lipinski definition) is 0. The van der Waals surface area contributed by atoms with Crippen LogP contribution in [0.2, 0.25) is 6.55 Å². The Morgan fingerprint density at radius 1 is 0.550 bits per heavy atom. The van der Waals surface area contributed by atoms with Gasteiger partial charge >= 0.3 is 0 Å². The maximum absolute atomic E-state index is 2.44. The first-order valence-corrected chi connectivity index (χ1v) is 9.31. The fraction of sp³-hybridized carbons (Fsp3) is 0.368. The monoisotopic (exact) mass is 281 g/mol. The average molecular weight is 281 g/mol. The molecule has 20 heavy (non-hydrogen) atoms. The third-order valence-corrected chi connectivity index (χ3v) is 7.18. The highest BCUT2D eigenvalue weighted by Crippen LogP contribution is 2.12. The number of rotatable bonds is 2. The molecule has 2 rings (SSSR count). The van der Waals surface area contributed by atoms with Gasteiger partial charge in [-0.3, -0.25) is 0 Å². The summed E-state index contributed by atoms with van der Waals surface area (Å²) in [7, 11) is -0.698. The maximum Gasteiger partial charge on any atom is 0.119 e. The van der Waals surface area contributed by atoms with E-state index in [0.29, 0.717) is 0 Å². The first-order valence-electron chi connectivity index (χ1n) is 7.31. The van der Waals surface area contributed by atoms with E-state index in [9.17, 15) is 0 Å². The summed E-state index contributed by atoms with van der Waals surface area (Å²) in [5, 5.41) is 3.19. The van der Waals surface area contributed by atoms with E-state index in [0.717, 1.165) is 0 Å². The molecule has 0 heterocycles. The van der Waals surface area contributed by atoms with Crippen molar-refractivity contribution in [1.82, 2.24) is 0 Å². The maximum atomic E-state index is 2.44. The van der Waals surface area contributed by atoms with E-state index in [-0.39, 0.29) is 0 Å². The molecule has 0 aliphatic rings. The fourth-order valence-corrected chi connectivity index (χ4v) is 6.57. The Labute approximate surface area is 125 Å². The molecule has 2 aromatic rings. The Bertz CT molecular complexity index is 549. The average Bonchev–Trinajstić information content (AvgIpc) is 2.25. The zero-order valence-corrected chi connectivity index (χ0v) is 14.8. The van der Waals surface area contributed by atoms with Crippen molar-refractivity contribution in [3.8, 4) is 0 Å². The summed E-state index contributed by atoms with van der Waals surface area (Å²) in [6, 6.07) is 9.31. The van der Waals surface area contributed by atoms with E-state index in [2.05, 4.69) is 72.4 Å². The third-order valence-electron chi connectivity index (χ3n) is 4.10. The highest BCUT2D eigenvalue weighted by molar-refractivity contribution is 6.85. The molecule has 105 valence electrons. The Morgan fingerprint density at radius 3 is 1.05 bits per heavy atom. The predicted molar refractivity (Wildman–Crippen MR) is 92.2 cm³/mol. The Kier molecular flexibility index (Phi) is 4.19. The number of benzene rings is 2. The normalized spacial score (nSPS) is 11.2. The van der Waals surface area contributed by atoms with E-state index in [1.165, 1.54) is 33.4 Å². The van der Waals surface area contributed by atoms with E-state index in [1.807, 2.05) is 0 Å². The van der Waals surface area contributed by atoms with Crippen molar-refractivity contribution in [2.45, 2.75) is 48.1 Å². The second kappa shape index (κ2) is 5.57. The highest BCUT2D eigenvalue weighted by Gasteiger charge is 2.19. The second-order valence-electron chi connectivity index (χ2n) is 6.17. The zero-order valence-electron chi connectivity index (χ0n) is 13.8. The SMILES string of the molecule is Cc1cc(C)c([Si](C)c2c(C)cc(C)cc2C)c(C)c1. The van der Waals surface area contributed by atoms with Crippen LogP contribution >= 0.6 is 0 Å². The van der Waals surface area contributed by atoms with Crippen LogP contribution in [0.25, 0.3) is 0 Å². The van der Waals surface area contributed by atoms with Crippen LogP contribution in [0.15, 0.2) is 24.3 Å². The van der Waals surface area contributed by atoms with Gasteiger partial charge in [-0.1, -0.05) is 74.6 Å². The van der Waals surface area contributed by atoms with Gasteiger partial charge in [-0.15, -0.1) is 0 Å². The van der Waals surface area contributed by atoms with Gasteiger partial charge in [0.2, 0.25) is 0 Å². The number of aryl methyl sites for hydroxylation is 6. The van der Waals surface area contributed by atoms with Gasteiger partial charge in [0, 0.05) is 0 Å². The molecular formula is C19H25Si. The van der Waals surface area contributed by atoms with Gasteiger partial charge in [0.15, 0.2) is 0 Å². The molecule has 0 saturated heterocycles. The summed E-state index contributed by atoms with van der Waals surface area (Å²) in [4.78, 5) is 0. The Morgan fingerprint density at radius 2 is 0.800 bits per heavy atom. The zero-order chi connectivity index (χ0) is 15.0. The van der Waals surface area contributed by atoms with Crippen molar-refractivity contribution in [1.29, 1.82) is 0 Å².